The molecular formula is C15H19Br2NO. The van der Waals surface area contributed by atoms with E-state index >= 15 is 0 Å². The van der Waals surface area contributed by atoms with Crippen molar-refractivity contribution in [2.75, 3.05) is 0 Å². The predicted molar refractivity (Wildman–Crippen MR) is 85.4 cm³/mol. The molecule has 0 heterocycles. The number of nitrogens with one attached hydrogen (secondary N) is 1. The minimum atomic E-state index is 0.0266. The maximum absolute atomic E-state index is 12.3. The van der Waals surface area contributed by atoms with E-state index in [2.05, 4.69) is 37.2 Å². The monoisotopic (exact) mass is 387 g/mol. The van der Waals surface area contributed by atoms with E-state index in [9.17, 15) is 4.79 Å². The first-order valence-electron chi connectivity index (χ1n) is 6.93. The highest BCUT2D eigenvalue weighted by atomic mass is 79.9. The van der Waals surface area contributed by atoms with E-state index in [1.165, 1.54) is 32.1 Å². The van der Waals surface area contributed by atoms with E-state index in [1.807, 2.05) is 18.2 Å². The van der Waals surface area contributed by atoms with Gasteiger partial charge in [0.05, 0.1) is 5.56 Å². The highest BCUT2D eigenvalue weighted by Gasteiger charge is 2.17. The number of hydrogen-bond donors (Lipinski definition) is 1. The quantitative estimate of drug-likeness (QED) is 0.754. The van der Waals surface area contributed by atoms with Crippen molar-refractivity contribution in [1.29, 1.82) is 0 Å². The van der Waals surface area contributed by atoms with Crippen molar-refractivity contribution in [3.05, 3.63) is 32.7 Å². The zero-order chi connectivity index (χ0) is 13.7. The van der Waals surface area contributed by atoms with E-state index in [4.69, 9.17) is 0 Å². The number of hydrogen-bond acceptors (Lipinski definition) is 1. The van der Waals surface area contributed by atoms with Crippen LogP contribution in [0.25, 0.3) is 0 Å². The first-order chi connectivity index (χ1) is 9.16. The molecule has 1 N–H and O–H groups in total. The second kappa shape index (κ2) is 7.44. The van der Waals surface area contributed by atoms with E-state index in [1.54, 1.807) is 0 Å². The molecule has 4 heteroatoms. The smallest absolute Gasteiger partial charge is 0.252 e. The van der Waals surface area contributed by atoms with Crippen molar-refractivity contribution in [1.82, 2.24) is 5.32 Å². The lowest BCUT2D eigenvalue weighted by molar-refractivity contribution is 0.0929. The van der Waals surface area contributed by atoms with E-state index in [0.717, 1.165) is 21.8 Å². The fourth-order valence-corrected chi connectivity index (χ4v) is 3.32. The Morgan fingerprint density at radius 3 is 2.37 bits per heavy atom. The van der Waals surface area contributed by atoms with Gasteiger partial charge in [-0.3, -0.25) is 4.79 Å². The lowest BCUT2D eigenvalue weighted by Gasteiger charge is -2.21. The van der Waals surface area contributed by atoms with E-state index in [-0.39, 0.29) is 5.91 Å². The second-order valence-corrected chi connectivity index (χ2v) is 6.91. The summed E-state index contributed by atoms with van der Waals surface area (Å²) in [6.07, 6.45) is 8.61. The van der Waals surface area contributed by atoms with Crippen molar-refractivity contribution in [3.63, 3.8) is 0 Å². The Labute approximate surface area is 131 Å². The van der Waals surface area contributed by atoms with Crippen LogP contribution in [0.4, 0.5) is 0 Å². The molecular weight excluding hydrogens is 370 g/mol. The summed E-state index contributed by atoms with van der Waals surface area (Å²) in [5.41, 5.74) is 0.705. The summed E-state index contributed by atoms with van der Waals surface area (Å²) in [5.74, 6) is 0.0266. The van der Waals surface area contributed by atoms with Crippen LogP contribution in [0, 0.1) is 0 Å². The average molecular weight is 389 g/mol. The van der Waals surface area contributed by atoms with Crippen LogP contribution in [0.5, 0.6) is 0 Å². The lowest BCUT2D eigenvalue weighted by atomic mass is 9.96. The molecule has 2 rings (SSSR count). The Hall–Kier alpha value is -0.350. The van der Waals surface area contributed by atoms with Crippen molar-refractivity contribution in [3.8, 4) is 0 Å². The molecule has 0 unspecified atom stereocenters. The number of carbonyl (C=O) groups excluding carboxylic acids is 1. The minimum absolute atomic E-state index is 0.0266. The van der Waals surface area contributed by atoms with Crippen LogP contribution in [-0.2, 0) is 0 Å². The van der Waals surface area contributed by atoms with Gasteiger partial charge in [-0.1, -0.05) is 48.0 Å². The standard InChI is InChI=1S/C15H19Br2NO/c16-11-8-9-14(17)13(10-11)15(19)18-12-6-4-2-1-3-5-7-12/h8-10,12H,1-7H2,(H,18,19). The third-order valence-electron chi connectivity index (χ3n) is 3.61. The van der Waals surface area contributed by atoms with Gasteiger partial charge in [-0.15, -0.1) is 0 Å². The first kappa shape index (κ1) is 15.0. The molecule has 1 fully saturated rings. The van der Waals surface area contributed by atoms with Crippen LogP contribution in [0.2, 0.25) is 0 Å². The Balaban J connectivity index is 2.00. The molecule has 1 aliphatic carbocycles. The fourth-order valence-electron chi connectivity index (χ4n) is 2.54. The molecule has 0 bridgehead atoms. The highest BCUT2D eigenvalue weighted by molar-refractivity contribution is 9.11. The second-order valence-electron chi connectivity index (χ2n) is 5.14. The maximum atomic E-state index is 12.3. The van der Waals surface area contributed by atoms with Crippen LogP contribution in [0.15, 0.2) is 27.1 Å². The Bertz CT molecular complexity index is 440. The van der Waals surface area contributed by atoms with Gasteiger partial charge in [0.25, 0.3) is 5.91 Å². The van der Waals surface area contributed by atoms with Gasteiger partial charge >= 0.3 is 0 Å². The number of carbonyl (C=O) groups is 1. The van der Waals surface area contributed by atoms with Gasteiger partial charge in [-0.05, 0) is 47.0 Å². The first-order valence-corrected chi connectivity index (χ1v) is 8.51. The summed E-state index contributed by atoms with van der Waals surface area (Å²) in [6, 6.07) is 6.02. The largest absolute Gasteiger partial charge is 0.349 e. The number of rotatable bonds is 2. The summed E-state index contributed by atoms with van der Waals surface area (Å²) in [6.45, 7) is 0. The third kappa shape index (κ3) is 4.60. The van der Waals surface area contributed by atoms with Crippen LogP contribution in [0.3, 0.4) is 0 Å². The molecule has 0 spiro atoms. The Kier molecular flexibility index (Phi) is 5.89. The lowest BCUT2D eigenvalue weighted by Crippen LogP contribution is -2.35. The minimum Gasteiger partial charge on any atom is -0.349 e. The zero-order valence-corrected chi connectivity index (χ0v) is 14.1. The third-order valence-corrected chi connectivity index (χ3v) is 4.80. The van der Waals surface area contributed by atoms with Gasteiger partial charge in [-0.25, -0.2) is 0 Å². The summed E-state index contributed by atoms with van der Waals surface area (Å²) < 4.78 is 1.78. The van der Waals surface area contributed by atoms with Crippen molar-refractivity contribution in [2.45, 2.75) is 51.0 Å². The average Bonchev–Trinajstić information content (AvgIpc) is 2.35. The van der Waals surface area contributed by atoms with Gasteiger partial charge in [0.1, 0.15) is 0 Å². The van der Waals surface area contributed by atoms with Gasteiger partial charge in [0.15, 0.2) is 0 Å². The molecule has 19 heavy (non-hydrogen) atoms. The Morgan fingerprint density at radius 2 is 1.68 bits per heavy atom. The molecule has 0 saturated heterocycles. The van der Waals surface area contributed by atoms with E-state index < -0.39 is 0 Å². The predicted octanol–water partition coefficient (Wildman–Crippen LogP) is 5.05. The maximum Gasteiger partial charge on any atom is 0.252 e. The molecule has 1 aromatic rings. The van der Waals surface area contributed by atoms with Gasteiger partial charge in [0.2, 0.25) is 0 Å². The number of benzene rings is 1. The summed E-state index contributed by atoms with van der Waals surface area (Å²) in [4.78, 5) is 12.3. The van der Waals surface area contributed by atoms with Crippen molar-refractivity contribution >= 4 is 37.8 Å². The van der Waals surface area contributed by atoms with Crippen LogP contribution < -0.4 is 5.32 Å². The molecule has 0 radical (unpaired) electrons. The molecule has 1 amide bonds. The molecule has 0 aliphatic heterocycles. The molecule has 1 aliphatic rings. The molecule has 0 atom stereocenters. The Morgan fingerprint density at radius 1 is 1.05 bits per heavy atom. The summed E-state index contributed by atoms with van der Waals surface area (Å²) in [7, 11) is 0. The highest BCUT2D eigenvalue weighted by Crippen LogP contribution is 2.23. The van der Waals surface area contributed by atoms with Gasteiger partial charge in [-0.2, -0.15) is 0 Å². The topological polar surface area (TPSA) is 29.1 Å². The normalized spacial score (nSPS) is 17.6. The van der Waals surface area contributed by atoms with Gasteiger partial charge in [0, 0.05) is 15.0 Å². The zero-order valence-electron chi connectivity index (χ0n) is 10.9. The van der Waals surface area contributed by atoms with E-state index in [0.29, 0.717) is 11.6 Å². The molecule has 2 nitrogen and oxygen atoms in total. The van der Waals surface area contributed by atoms with Gasteiger partial charge < -0.3 is 5.32 Å². The van der Waals surface area contributed by atoms with Crippen molar-refractivity contribution < 1.29 is 4.79 Å². The molecule has 1 saturated carbocycles. The summed E-state index contributed by atoms with van der Waals surface area (Å²) in [5, 5.41) is 3.18. The molecule has 104 valence electrons. The van der Waals surface area contributed by atoms with Crippen LogP contribution >= 0.6 is 31.9 Å². The fraction of sp³-hybridized carbons (Fsp3) is 0.533. The number of halogens is 2. The van der Waals surface area contributed by atoms with Crippen LogP contribution in [0.1, 0.15) is 55.3 Å². The number of amides is 1. The van der Waals surface area contributed by atoms with Crippen LogP contribution in [-0.4, -0.2) is 11.9 Å². The summed E-state index contributed by atoms with van der Waals surface area (Å²) >= 11 is 6.85. The van der Waals surface area contributed by atoms with Crippen molar-refractivity contribution in [2.24, 2.45) is 0 Å². The SMILES string of the molecule is O=C(NC1CCCCCCC1)c1cc(Br)ccc1Br. The molecule has 0 aromatic heterocycles. The molecule has 1 aromatic carbocycles.